The number of nitrogens with one attached hydrogen (secondary N) is 1. The van der Waals surface area contributed by atoms with E-state index in [1.165, 1.54) is 25.7 Å². The number of nitrogens with zero attached hydrogens (tertiary/aromatic N) is 1. The van der Waals surface area contributed by atoms with Crippen molar-refractivity contribution in [3.05, 3.63) is 0 Å². The van der Waals surface area contributed by atoms with Gasteiger partial charge in [0.15, 0.2) is 0 Å². The molecule has 18 heavy (non-hydrogen) atoms. The predicted octanol–water partition coefficient (Wildman–Crippen LogP) is 2.26. The van der Waals surface area contributed by atoms with Crippen LogP contribution in [-0.4, -0.2) is 49.3 Å². The lowest BCUT2D eigenvalue weighted by Crippen LogP contribution is -2.54. The van der Waals surface area contributed by atoms with Crippen molar-refractivity contribution in [2.45, 2.75) is 64.6 Å². The molecule has 0 bridgehead atoms. The number of likely N-dealkylation sites (N-methyl/N-ethyl adjacent to an activating group) is 1. The molecule has 2 atom stereocenters. The summed E-state index contributed by atoms with van der Waals surface area (Å²) in [7, 11) is 0. The first kappa shape index (κ1) is 14.3. The van der Waals surface area contributed by atoms with Crippen molar-refractivity contribution >= 4 is 0 Å². The van der Waals surface area contributed by atoms with Gasteiger partial charge in [-0.2, -0.15) is 0 Å². The number of hydrogen-bond acceptors (Lipinski definition) is 3. The Kier molecular flexibility index (Phi) is 5.46. The second-order valence-corrected chi connectivity index (χ2v) is 6.19. The average molecular weight is 254 g/mol. The van der Waals surface area contributed by atoms with Crippen LogP contribution < -0.4 is 5.32 Å². The third kappa shape index (κ3) is 3.69. The molecule has 0 amide bonds. The van der Waals surface area contributed by atoms with Crippen LogP contribution in [0.15, 0.2) is 0 Å². The first-order chi connectivity index (χ1) is 8.70. The van der Waals surface area contributed by atoms with Gasteiger partial charge in [-0.05, 0) is 32.7 Å². The zero-order chi connectivity index (χ0) is 13.0. The highest BCUT2D eigenvalue weighted by molar-refractivity contribution is 4.87. The second kappa shape index (κ2) is 6.88. The molecular formula is C15H30N2O. The molecule has 0 aromatic carbocycles. The van der Waals surface area contributed by atoms with Gasteiger partial charge in [0.25, 0.3) is 0 Å². The molecule has 1 saturated carbocycles. The Labute approximate surface area is 112 Å². The highest BCUT2D eigenvalue weighted by atomic mass is 16.5. The number of hydrogen-bond donors (Lipinski definition) is 1. The molecule has 2 unspecified atom stereocenters. The first-order valence-corrected chi connectivity index (χ1v) is 7.79. The monoisotopic (exact) mass is 254 g/mol. The summed E-state index contributed by atoms with van der Waals surface area (Å²) in [6, 6.07) is 1.20. The topological polar surface area (TPSA) is 24.5 Å². The summed E-state index contributed by atoms with van der Waals surface area (Å²) >= 11 is 0. The molecule has 0 aromatic heterocycles. The van der Waals surface area contributed by atoms with Crippen LogP contribution in [0.25, 0.3) is 0 Å². The van der Waals surface area contributed by atoms with E-state index in [0.717, 1.165) is 32.2 Å². The van der Waals surface area contributed by atoms with Gasteiger partial charge in [-0.25, -0.2) is 0 Å². The van der Waals surface area contributed by atoms with Gasteiger partial charge in [0.1, 0.15) is 0 Å². The fourth-order valence-electron chi connectivity index (χ4n) is 3.13. The molecule has 1 N–H and O–H groups in total. The van der Waals surface area contributed by atoms with E-state index in [4.69, 9.17) is 4.74 Å². The van der Waals surface area contributed by atoms with E-state index in [2.05, 4.69) is 31.0 Å². The minimum absolute atomic E-state index is 0.390. The largest absolute Gasteiger partial charge is 0.374 e. The molecule has 1 saturated heterocycles. The summed E-state index contributed by atoms with van der Waals surface area (Å²) in [5.74, 6) is 0.951. The van der Waals surface area contributed by atoms with E-state index in [0.29, 0.717) is 18.2 Å². The maximum atomic E-state index is 6.04. The second-order valence-electron chi connectivity index (χ2n) is 6.19. The minimum atomic E-state index is 0.390. The van der Waals surface area contributed by atoms with Gasteiger partial charge in [0, 0.05) is 25.2 Å². The fraction of sp³-hybridized carbons (Fsp3) is 1.00. The first-order valence-electron chi connectivity index (χ1n) is 7.79. The number of rotatable bonds is 6. The SMILES string of the molecule is CCNC(CC1CCC1)C1CN(C(C)C)CCO1. The smallest absolute Gasteiger partial charge is 0.0855 e. The van der Waals surface area contributed by atoms with E-state index in [1.807, 2.05) is 0 Å². The molecule has 0 aromatic rings. The summed E-state index contributed by atoms with van der Waals surface area (Å²) < 4.78 is 6.04. The van der Waals surface area contributed by atoms with Crippen molar-refractivity contribution in [1.82, 2.24) is 10.2 Å². The van der Waals surface area contributed by atoms with Crippen LogP contribution in [0.5, 0.6) is 0 Å². The van der Waals surface area contributed by atoms with E-state index in [1.54, 1.807) is 0 Å². The van der Waals surface area contributed by atoms with Gasteiger partial charge in [0.05, 0.1) is 12.7 Å². The van der Waals surface area contributed by atoms with Crippen molar-refractivity contribution in [3.63, 3.8) is 0 Å². The Balaban J connectivity index is 1.87. The van der Waals surface area contributed by atoms with E-state index >= 15 is 0 Å². The predicted molar refractivity (Wildman–Crippen MR) is 75.9 cm³/mol. The molecule has 106 valence electrons. The average Bonchev–Trinajstić information content (AvgIpc) is 2.32. The number of morpholine rings is 1. The lowest BCUT2D eigenvalue weighted by molar-refractivity contribution is -0.0600. The minimum Gasteiger partial charge on any atom is -0.374 e. The maximum absolute atomic E-state index is 6.04. The van der Waals surface area contributed by atoms with Crippen LogP contribution in [0.1, 0.15) is 46.5 Å². The lowest BCUT2D eigenvalue weighted by Gasteiger charge is -2.41. The van der Waals surface area contributed by atoms with Gasteiger partial charge >= 0.3 is 0 Å². The van der Waals surface area contributed by atoms with Crippen molar-refractivity contribution in [1.29, 1.82) is 0 Å². The third-order valence-electron chi connectivity index (χ3n) is 4.58. The Morgan fingerprint density at radius 2 is 2.11 bits per heavy atom. The van der Waals surface area contributed by atoms with Crippen LogP contribution >= 0.6 is 0 Å². The standard InChI is InChI=1S/C15H30N2O/c1-4-16-14(10-13-6-5-7-13)15-11-17(12(2)3)8-9-18-15/h12-16H,4-11H2,1-3H3. The molecule has 1 heterocycles. The summed E-state index contributed by atoms with van der Waals surface area (Å²) in [6.45, 7) is 10.9. The maximum Gasteiger partial charge on any atom is 0.0855 e. The van der Waals surface area contributed by atoms with E-state index in [-0.39, 0.29) is 0 Å². The Hall–Kier alpha value is -0.120. The van der Waals surface area contributed by atoms with Gasteiger partial charge in [-0.15, -0.1) is 0 Å². The van der Waals surface area contributed by atoms with Crippen LogP contribution in [0.2, 0.25) is 0 Å². The molecule has 1 aliphatic heterocycles. The Morgan fingerprint density at radius 3 is 2.67 bits per heavy atom. The molecule has 3 nitrogen and oxygen atoms in total. The van der Waals surface area contributed by atoms with Gasteiger partial charge < -0.3 is 10.1 Å². The Bertz CT molecular complexity index is 241. The molecule has 3 heteroatoms. The molecule has 1 aliphatic carbocycles. The molecule has 2 fully saturated rings. The quantitative estimate of drug-likeness (QED) is 0.787. The summed E-state index contributed by atoms with van der Waals surface area (Å²) in [5, 5.41) is 3.66. The summed E-state index contributed by atoms with van der Waals surface area (Å²) in [4.78, 5) is 2.55. The molecule has 0 radical (unpaired) electrons. The number of ether oxygens (including phenoxy) is 1. The molecular weight excluding hydrogens is 224 g/mol. The molecule has 0 spiro atoms. The highest BCUT2D eigenvalue weighted by Gasteiger charge is 2.31. The van der Waals surface area contributed by atoms with Crippen molar-refractivity contribution in [2.24, 2.45) is 5.92 Å². The van der Waals surface area contributed by atoms with Crippen LogP contribution in [0.3, 0.4) is 0 Å². The van der Waals surface area contributed by atoms with Crippen molar-refractivity contribution in [3.8, 4) is 0 Å². The Morgan fingerprint density at radius 1 is 1.33 bits per heavy atom. The van der Waals surface area contributed by atoms with Gasteiger partial charge in [-0.3, -0.25) is 4.90 Å². The zero-order valence-electron chi connectivity index (χ0n) is 12.3. The fourth-order valence-corrected chi connectivity index (χ4v) is 3.13. The molecule has 2 rings (SSSR count). The van der Waals surface area contributed by atoms with Crippen LogP contribution in [0.4, 0.5) is 0 Å². The highest BCUT2D eigenvalue weighted by Crippen LogP contribution is 2.31. The third-order valence-corrected chi connectivity index (χ3v) is 4.58. The normalized spacial score (nSPS) is 28.3. The van der Waals surface area contributed by atoms with Crippen molar-refractivity contribution < 1.29 is 4.74 Å². The van der Waals surface area contributed by atoms with Gasteiger partial charge in [-0.1, -0.05) is 26.2 Å². The van der Waals surface area contributed by atoms with Gasteiger partial charge in [0.2, 0.25) is 0 Å². The summed E-state index contributed by atoms with van der Waals surface area (Å²) in [6.07, 6.45) is 6.00. The molecule has 2 aliphatic rings. The van der Waals surface area contributed by atoms with E-state index in [9.17, 15) is 0 Å². The lowest BCUT2D eigenvalue weighted by atomic mass is 9.79. The van der Waals surface area contributed by atoms with Crippen molar-refractivity contribution in [2.75, 3.05) is 26.2 Å². The zero-order valence-corrected chi connectivity index (χ0v) is 12.3. The summed E-state index contributed by atoms with van der Waals surface area (Å²) in [5.41, 5.74) is 0. The van der Waals surface area contributed by atoms with E-state index < -0.39 is 0 Å². The van der Waals surface area contributed by atoms with Crippen LogP contribution in [0, 0.1) is 5.92 Å². The van der Waals surface area contributed by atoms with Crippen LogP contribution in [-0.2, 0) is 4.74 Å².